The van der Waals surface area contributed by atoms with E-state index in [1.807, 2.05) is 31.2 Å². The van der Waals surface area contributed by atoms with Crippen LogP contribution >= 0.6 is 11.8 Å². The minimum Gasteiger partial charge on any atom is -0.497 e. The van der Waals surface area contributed by atoms with Crippen LogP contribution in [0.1, 0.15) is 18.9 Å². The van der Waals surface area contributed by atoms with Gasteiger partial charge in [0.1, 0.15) is 5.75 Å². The summed E-state index contributed by atoms with van der Waals surface area (Å²) in [5.74, 6) is 1.41. The van der Waals surface area contributed by atoms with Crippen LogP contribution in [0.5, 0.6) is 5.75 Å². The number of nitrogens with two attached hydrogens (primary N) is 1. The quantitative estimate of drug-likeness (QED) is 0.828. The van der Waals surface area contributed by atoms with Gasteiger partial charge in [0.2, 0.25) is 5.91 Å². The molecule has 1 atom stereocenters. The molecule has 1 aromatic carbocycles. The lowest BCUT2D eigenvalue weighted by atomic mass is 10.2. The molecule has 4 heteroatoms. The molecule has 0 saturated heterocycles. The number of amides is 1. The van der Waals surface area contributed by atoms with Crippen LogP contribution in [-0.4, -0.2) is 18.3 Å². The molecule has 2 N–H and O–H groups in total. The van der Waals surface area contributed by atoms with E-state index in [1.165, 1.54) is 5.56 Å². The van der Waals surface area contributed by atoms with Crippen LogP contribution < -0.4 is 10.5 Å². The third kappa shape index (κ3) is 3.77. The van der Waals surface area contributed by atoms with Crippen molar-refractivity contribution in [1.29, 1.82) is 0 Å². The second-order valence-corrected chi connectivity index (χ2v) is 4.65. The summed E-state index contributed by atoms with van der Waals surface area (Å²) in [6, 6.07) is 7.83. The number of carbonyl (C=O) groups is 1. The molecule has 16 heavy (non-hydrogen) atoms. The predicted molar refractivity (Wildman–Crippen MR) is 67.6 cm³/mol. The molecule has 1 aromatic rings. The zero-order valence-corrected chi connectivity index (χ0v) is 10.4. The Labute approximate surface area is 100 Å². The van der Waals surface area contributed by atoms with Gasteiger partial charge in [-0.25, -0.2) is 0 Å². The molecular formula is C12H17NO2S. The number of hydrogen-bond donors (Lipinski definition) is 1. The number of rotatable bonds is 6. The van der Waals surface area contributed by atoms with Gasteiger partial charge in [-0.15, -0.1) is 11.8 Å². The lowest BCUT2D eigenvalue weighted by Crippen LogP contribution is -2.24. The second kappa shape index (κ2) is 6.43. The van der Waals surface area contributed by atoms with Crippen LogP contribution in [0.15, 0.2) is 24.3 Å². The molecule has 1 unspecified atom stereocenters. The van der Waals surface area contributed by atoms with Gasteiger partial charge in [0.15, 0.2) is 0 Å². The van der Waals surface area contributed by atoms with Crippen molar-refractivity contribution >= 4 is 17.7 Å². The van der Waals surface area contributed by atoms with E-state index in [0.717, 1.165) is 17.9 Å². The van der Waals surface area contributed by atoms with Gasteiger partial charge in [0.25, 0.3) is 0 Å². The first-order valence-electron chi connectivity index (χ1n) is 5.21. The maximum atomic E-state index is 11.0. The molecule has 0 radical (unpaired) electrons. The number of carbonyl (C=O) groups excluding carboxylic acids is 1. The van der Waals surface area contributed by atoms with E-state index in [1.54, 1.807) is 18.9 Å². The van der Waals surface area contributed by atoms with Crippen molar-refractivity contribution < 1.29 is 9.53 Å². The van der Waals surface area contributed by atoms with Crippen molar-refractivity contribution in [1.82, 2.24) is 0 Å². The summed E-state index contributed by atoms with van der Waals surface area (Å²) < 4.78 is 5.07. The third-order valence-corrected chi connectivity index (χ3v) is 3.77. The minimum atomic E-state index is -0.235. The van der Waals surface area contributed by atoms with Gasteiger partial charge in [-0.1, -0.05) is 19.1 Å². The van der Waals surface area contributed by atoms with Crippen LogP contribution in [-0.2, 0) is 10.5 Å². The summed E-state index contributed by atoms with van der Waals surface area (Å²) in [6.45, 7) is 1.97. The second-order valence-electron chi connectivity index (χ2n) is 3.46. The number of methoxy groups -OCH3 is 1. The minimum absolute atomic E-state index is 0.0953. The lowest BCUT2D eigenvalue weighted by molar-refractivity contribution is -0.117. The fourth-order valence-electron chi connectivity index (χ4n) is 1.32. The summed E-state index contributed by atoms with van der Waals surface area (Å²) in [5.41, 5.74) is 6.45. The van der Waals surface area contributed by atoms with Crippen molar-refractivity contribution in [3.05, 3.63) is 29.8 Å². The molecule has 0 aliphatic rings. The maximum absolute atomic E-state index is 11.0. The van der Waals surface area contributed by atoms with Crippen molar-refractivity contribution in [2.45, 2.75) is 24.3 Å². The van der Waals surface area contributed by atoms with E-state index in [9.17, 15) is 4.79 Å². The largest absolute Gasteiger partial charge is 0.497 e. The molecule has 0 aliphatic heterocycles. The van der Waals surface area contributed by atoms with Crippen LogP contribution in [0, 0.1) is 0 Å². The number of hydrogen-bond acceptors (Lipinski definition) is 3. The van der Waals surface area contributed by atoms with Crippen molar-refractivity contribution in [2.75, 3.05) is 7.11 Å². The molecule has 1 rings (SSSR count). The first-order valence-corrected chi connectivity index (χ1v) is 6.26. The number of primary amides is 1. The Bertz CT molecular complexity index is 337. The smallest absolute Gasteiger partial charge is 0.230 e. The first kappa shape index (κ1) is 12.9. The van der Waals surface area contributed by atoms with Gasteiger partial charge in [-0.05, 0) is 24.1 Å². The molecule has 0 saturated carbocycles. The van der Waals surface area contributed by atoms with E-state index in [0.29, 0.717) is 0 Å². The molecule has 0 bridgehead atoms. The molecule has 0 spiro atoms. The fourth-order valence-corrected chi connectivity index (χ4v) is 2.31. The predicted octanol–water partition coefficient (Wildman–Crippen LogP) is 2.19. The standard InChI is InChI=1S/C12H17NO2S/c1-3-11(12(13)14)16-8-9-4-6-10(15-2)7-5-9/h4-7,11H,3,8H2,1-2H3,(H2,13,14). The van der Waals surface area contributed by atoms with Crippen molar-refractivity contribution in [2.24, 2.45) is 5.73 Å². The Hall–Kier alpha value is -1.16. The first-order chi connectivity index (χ1) is 7.67. The van der Waals surface area contributed by atoms with Crippen LogP contribution in [0.25, 0.3) is 0 Å². The van der Waals surface area contributed by atoms with Crippen molar-refractivity contribution in [3.63, 3.8) is 0 Å². The summed E-state index contributed by atoms with van der Waals surface area (Å²) in [5, 5.41) is -0.0953. The molecule has 0 aliphatic carbocycles. The molecule has 0 heterocycles. The average Bonchev–Trinajstić information content (AvgIpc) is 2.30. The van der Waals surface area contributed by atoms with Gasteiger partial charge in [-0.2, -0.15) is 0 Å². The van der Waals surface area contributed by atoms with E-state index in [-0.39, 0.29) is 11.2 Å². The van der Waals surface area contributed by atoms with Crippen LogP contribution in [0.4, 0.5) is 0 Å². The van der Waals surface area contributed by atoms with E-state index in [4.69, 9.17) is 10.5 Å². The summed E-state index contributed by atoms with van der Waals surface area (Å²) >= 11 is 1.58. The van der Waals surface area contributed by atoms with Gasteiger partial charge >= 0.3 is 0 Å². The van der Waals surface area contributed by atoms with Gasteiger partial charge in [0, 0.05) is 5.75 Å². The molecular weight excluding hydrogens is 222 g/mol. The molecule has 3 nitrogen and oxygen atoms in total. The summed E-state index contributed by atoms with van der Waals surface area (Å²) in [7, 11) is 1.64. The third-order valence-electron chi connectivity index (χ3n) is 2.30. The zero-order chi connectivity index (χ0) is 12.0. The Morgan fingerprint density at radius 2 is 2.06 bits per heavy atom. The highest BCUT2D eigenvalue weighted by molar-refractivity contribution is 7.99. The summed E-state index contributed by atoms with van der Waals surface area (Å²) in [4.78, 5) is 11.0. The molecule has 0 aromatic heterocycles. The molecule has 0 fully saturated rings. The highest BCUT2D eigenvalue weighted by Crippen LogP contribution is 2.21. The molecule has 1 amide bonds. The normalized spacial score (nSPS) is 12.1. The number of ether oxygens (including phenoxy) is 1. The SMILES string of the molecule is CCC(SCc1ccc(OC)cc1)C(N)=O. The van der Waals surface area contributed by atoms with Gasteiger partial charge in [0.05, 0.1) is 12.4 Å². The van der Waals surface area contributed by atoms with E-state index < -0.39 is 0 Å². The Morgan fingerprint density at radius 3 is 2.50 bits per heavy atom. The fraction of sp³-hybridized carbons (Fsp3) is 0.417. The maximum Gasteiger partial charge on any atom is 0.230 e. The van der Waals surface area contributed by atoms with Gasteiger partial charge < -0.3 is 10.5 Å². The zero-order valence-electron chi connectivity index (χ0n) is 9.60. The average molecular weight is 239 g/mol. The van der Waals surface area contributed by atoms with E-state index in [2.05, 4.69) is 0 Å². The van der Waals surface area contributed by atoms with E-state index >= 15 is 0 Å². The van der Waals surface area contributed by atoms with Crippen LogP contribution in [0.3, 0.4) is 0 Å². The van der Waals surface area contributed by atoms with Crippen LogP contribution in [0.2, 0.25) is 0 Å². The highest BCUT2D eigenvalue weighted by Gasteiger charge is 2.12. The number of thioether (sulfide) groups is 1. The Balaban J connectivity index is 2.50. The monoisotopic (exact) mass is 239 g/mol. The Kier molecular flexibility index (Phi) is 5.19. The number of benzene rings is 1. The highest BCUT2D eigenvalue weighted by atomic mass is 32.2. The topological polar surface area (TPSA) is 52.3 Å². The van der Waals surface area contributed by atoms with Gasteiger partial charge in [-0.3, -0.25) is 4.79 Å². The van der Waals surface area contributed by atoms with Crippen molar-refractivity contribution in [3.8, 4) is 5.75 Å². The molecule has 88 valence electrons. The Morgan fingerprint density at radius 1 is 1.44 bits per heavy atom. The lowest BCUT2D eigenvalue weighted by Gasteiger charge is -2.10. The summed E-state index contributed by atoms with van der Waals surface area (Å²) in [6.07, 6.45) is 0.774.